The summed E-state index contributed by atoms with van der Waals surface area (Å²) in [5, 5.41) is 0.758. The molecule has 5 nitrogen and oxygen atoms in total. The molecule has 0 bridgehead atoms. The lowest BCUT2D eigenvalue weighted by Gasteiger charge is -2.33. The van der Waals surface area contributed by atoms with Gasteiger partial charge in [0.15, 0.2) is 0 Å². The van der Waals surface area contributed by atoms with Crippen molar-refractivity contribution in [2.75, 3.05) is 6.54 Å². The standard InChI is InChI=1S/C19H25N3O2S/c1-12-6-7-14-15(9-12)25-18-17(14)19(24)21(11-20-18)10-16(23)22-8-4-3-5-13(22)2/h11-13H,3-10H2,1-2H3/t12-,13-/m1/s1. The van der Waals surface area contributed by atoms with Gasteiger partial charge in [0.2, 0.25) is 5.91 Å². The molecule has 2 aromatic rings. The fourth-order valence-corrected chi connectivity index (χ4v) is 5.52. The van der Waals surface area contributed by atoms with Crippen LogP contribution < -0.4 is 5.56 Å². The first-order chi connectivity index (χ1) is 12.0. The number of rotatable bonds is 2. The van der Waals surface area contributed by atoms with Crippen LogP contribution in [-0.4, -0.2) is 32.9 Å². The highest BCUT2D eigenvalue weighted by atomic mass is 32.1. The maximum Gasteiger partial charge on any atom is 0.262 e. The number of hydrogen-bond acceptors (Lipinski definition) is 4. The quantitative estimate of drug-likeness (QED) is 0.828. The molecule has 2 atom stereocenters. The summed E-state index contributed by atoms with van der Waals surface area (Å²) in [6.45, 7) is 5.26. The zero-order valence-corrected chi connectivity index (χ0v) is 15.8. The number of aromatic nitrogens is 2. The first-order valence-electron chi connectivity index (χ1n) is 9.33. The summed E-state index contributed by atoms with van der Waals surface area (Å²) < 4.78 is 1.51. The maximum absolute atomic E-state index is 13.0. The molecule has 0 radical (unpaired) electrons. The third-order valence-electron chi connectivity index (χ3n) is 5.71. The van der Waals surface area contributed by atoms with E-state index in [1.165, 1.54) is 21.4 Å². The van der Waals surface area contributed by atoms with Gasteiger partial charge in [-0.15, -0.1) is 11.3 Å². The number of carbonyl (C=O) groups is 1. The average Bonchev–Trinajstić information content (AvgIpc) is 2.95. The van der Waals surface area contributed by atoms with E-state index in [1.807, 2.05) is 4.90 Å². The molecular weight excluding hydrogens is 334 g/mol. The molecule has 0 aromatic carbocycles. The number of hydrogen-bond donors (Lipinski definition) is 0. The molecule has 2 aliphatic rings. The molecule has 1 saturated heterocycles. The van der Waals surface area contributed by atoms with Gasteiger partial charge in [-0.05, 0) is 56.9 Å². The molecule has 0 unspecified atom stereocenters. The smallest absolute Gasteiger partial charge is 0.262 e. The second kappa shape index (κ2) is 6.56. The lowest BCUT2D eigenvalue weighted by molar-refractivity contribution is -0.135. The van der Waals surface area contributed by atoms with Gasteiger partial charge >= 0.3 is 0 Å². The van der Waals surface area contributed by atoms with E-state index in [4.69, 9.17) is 0 Å². The highest BCUT2D eigenvalue weighted by molar-refractivity contribution is 7.18. The van der Waals surface area contributed by atoms with E-state index in [1.54, 1.807) is 17.7 Å². The van der Waals surface area contributed by atoms with Crippen LogP contribution in [0.2, 0.25) is 0 Å². The summed E-state index contributed by atoms with van der Waals surface area (Å²) in [6, 6.07) is 0.268. The molecule has 3 heterocycles. The van der Waals surface area contributed by atoms with Gasteiger partial charge in [0.25, 0.3) is 5.56 Å². The Morgan fingerprint density at radius 1 is 1.32 bits per heavy atom. The van der Waals surface area contributed by atoms with E-state index in [0.717, 1.165) is 48.9 Å². The number of nitrogens with zero attached hydrogens (tertiary/aromatic N) is 3. The Hall–Kier alpha value is -1.69. The molecule has 1 amide bonds. The van der Waals surface area contributed by atoms with E-state index >= 15 is 0 Å². The number of likely N-dealkylation sites (tertiary alicyclic amines) is 1. The van der Waals surface area contributed by atoms with Crippen LogP contribution in [0.25, 0.3) is 10.2 Å². The minimum absolute atomic E-state index is 0.0353. The molecule has 6 heteroatoms. The highest BCUT2D eigenvalue weighted by Crippen LogP contribution is 2.35. The number of amides is 1. The number of aryl methyl sites for hydroxylation is 1. The van der Waals surface area contributed by atoms with E-state index in [-0.39, 0.29) is 24.1 Å². The molecule has 0 spiro atoms. The zero-order valence-electron chi connectivity index (χ0n) is 15.0. The largest absolute Gasteiger partial charge is 0.338 e. The van der Waals surface area contributed by atoms with Gasteiger partial charge in [0.1, 0.15) is 11.4 Å². The Bertz CT molecular complexity index is 869. The van der Waals surface area contributed by atoms with Gasteiger partial charge in [-0.2, -0.15) is 0 Å². The van der Waals surface area contributed by atoms with Crippen LogP contribution in [0.5, 0.6) is 0 Å². The van der Waals surface area contributed by atoms with E-state index < -0.39 is 0 Å². The molecule has 1 fully saturated rings. The minimum Gasteiger partial charge on any atom is -0.338 e. The van der Waals surface area contributed by atoms with Gasteiger partial charge in [0.05, 0.1) is 11.7 Å². The van der Waals surface area contributed by atoms with Crippen LogP contribution in [0.15, 0.2) is 11.1 Å². The summed E-state index contributed by atoms with van der Waals surface area (Å²) >= 11 is 1.65. The summed E-state index contributed by atoms with van der Waals surface area (Å²) in [5.74, 6) is 0.707. The van der Waals surface area contributed by atoms with Crippen molar-refractivity contribution in [1.29, 1.82) is 0 Å². The predicted octanol–water partition coefficient (Wildman–Crippen LogP) is 2.98. The van der Waals surface area contributed by atoms with Crippen LogP contribution in [0.3, 0.4) is 0 Å². The van der Waals surface area contributed by atoms with Crippen molar-refractivity contribution in [2.24, 2.45) is 5.92 Å². The summed E-state index contributed by atoms with van der Waals surface area (Å²) in [7, 11) is 0. The van der Waals surface area contributed by atoms with Crippen LogP contribution in [0.1, 0.15) is 50.0 Å². The fourth-order valence-electron chi connectivity index (χ4n) is 4.18. The van der Waals surface area contributed by atoms with E-state index in [2.05, 4.69) is 18.8 Å². The first kappa shape index (κ1) is 16.8. The summed E-state index contributed by atoms with van der Waals surface area (Å²) in [4.78, 5) is 34.2. The van der Waals surface area contributed by atoms with Crippen LogP contribution in [0.4, 0.5) is 0 Å². The molecule has 0 N–H and O–H groups in total. The molecule has 2 aromatic heterocycles. The fraction of sp³-hybridized carbons (Fsp3) is 0.632. The van der Waals surface area contributed by atoms with E-state index in [0.29, 0.717) is 5.92 Å². The van der Waals surface area contributed by atoms with E-state index in [9.17, 15) is 9.59 Å². The lowest BCUT2D eigenvalue weighted by atomic mass is 9.89. The monoisotopic (exact) mass is 359 g/mol. The third kappa shape index (κ3) is 3.01. The van der Waals surface area contributed by atoms with Crippen LogP contribution in [0, 0.1) is 5.92 Å². The molecular formula is C19H25N3O2S. The Balaban J connectivity index is 1.65. The van der Waals surface area contributed by atoms with Gasteiger partial charge in [-0.1, -0.05) is 6.92 Å². The summed E-state index contributed by atoms with van der Waals surface area (Å²) in [5.41, 5.74) is 1.14. The second-order valence-corrected chi connectivity index (χ2v) is 8.73. The second-order valence-electron chi connectivity index (χ2n) is 7.64. The SMILES string of the molecule is C[C@@H]1CCc2c(sc3ncn(CC(=O)N4CCCC[C@H]4C)c(=O)c23)C1. The molecule has 0 saturated carbocycles. The number of carbonyl (C=O) groups excluding carboxylic acids is 1. The number of piperidine rings is 1. The molecule has 25 heavy (non-hydrogen) atoms. The maximum atomic E-state index is 13.0. The average molecular weight is 359 g/mol. The predicted molar refractivity (Wildman–Crippen MR) is 100 cm³/mol. The zero-order chi connectivity index (χ0) is 17.6. The van der Waals surface area contributed by atoms with Gasteiger partial charge in [-0.25, -0.2) is 4.98 Å². The Morgan fingerprint density at radius 2 is 2.16 bits per heavy atom. The molecule has 4 rings (SSSR count). The number of fused-ring (bicyclic) bond motifs is 3. The van der Waals surface area contributed by atoms with Crippen LogP contribution in [-0.2, 0) is 24.2 Å². The Labute approximate surface area is 151 Å². The van der Waals surface area contributed by atoms with Crippen molar-refractivity contribution < 1.29 is 4.79 Å². The lowest BCUT2D eigenvalue weighted by Crippen LogP contribution is -2.44. The Morgan fingerprint density at radius 3 is 2.96 bits per heavy atom. The van der Waals surface area contributed by atoms with Gasteiger partial charge < -0.3 is 4.90 Å². The highest BCUT2D eigenvalue weighted by Gasteiger charge is 2.26. The normalized spacial score (nSPS) is 23.7. The number of thiophene rings is 1. The van der Waals surface area contributed by atoms with Crippen molar-refractivity contribution in [3.05, 3.63) is 27.1 Å². The van der Waals surface area contributed by atoms with Crippen molar-refractivity contribution in [1.82, 2.24) is 14.5 Å². The first-order valence-corrected chi connectivity index (χ1v) is 10.2. The van der Waals surface area contributed by atoms with Gasteiger partial charge in [-0.3, -0.25) is 14.2 Å². The van der Waals surface area contributed by atoms with Gasteiger partial charge in [0, 0.05) is 17.5 Å². The Kier molecular flexibility index (Phi) is 4.40. The molecule has 1 aliphatic carbocycles. The van der Waals surface area contributed by atoms with Crippen molar-refractivity contribution in [2.45, 2.75) is 65.0 Å². The minimum atomic E-state index is -0.0462. The molecule has 134 valence electrons. The van der Waals surface area contributed by atoms with Crippen molar-refractivity contribution in [3.8, 4) is 0 Å². The topological polar surface area (TPSA) is 55.2 Å². The summed E-state index contributed by atoms with van der Waals surface area (Å²) in [6.07, 6.45) is 7.96. The molecule has 1 aliphatic heterocycles. The third-order valence-corrected chi connectivity index (χ3v) is 6.87. The van der Waals surface area contributed by atoms with Crippen LogP contribution >= 0.6 is 11.3 Å². The van der Waals surface area contributed by atoms with Crippen molar-refractivity contribution >= 4 is 27.5 Å². The van der Waals surface area contributed by atoms with Crippen molar-refractivity contribution in [3.63, 3.8) is 0 Å².